The molecule has 2 N–H and O–H groups in total. The number of nitrogens with zero attached hydrogens (tertiary/aromatic N) is 1. The summed E-state index contributed by atoms with van der Waals surface area (Å²) in [5.41, 5.74) is 0.488. The minimum absolute atomic E-state index is 0.288. The second kappa shape index (κ2) is 5.27. The Kier molecular flexibility index (Phi) is 3.71. The summed E-state index contributed by atoms with van der Waals surface area (Å²) in [6.07, 6.45) is 1.18. The zero-order valence-electron chi connectivity index (χ0n) is 10.2. The maximum atomic E-state index is 10.8. The molecule has 1 aliphatic heterocycles. The smallest absolute Gasteiger partial charge is 0.343 e. The Labute approximate surface area is 112 Å². The van der Waals surface area contributed by atoms with Gasteiger partial charge < -0.3 is 15.1 Å². The fourth-order valence-corrected chi connectivity index (χ4v) is 3.82. The van der Waals surface area contributed by atoms with Crippen LogP contribution in [0.1, 0.15) is 0 Å². The van der Waals surface area contributed by atoms with E-state index >= 15 is 0 Å². The molecule has 6 heteroatoms. The number of carboxylic acids is 2. The van der Waals surface area contributed by atoms with Crippen molar-refractivity contribution in [2.75, 3.05) is 17.8 Å². The van der Waals surface area contributed by atoms with E-state index in [1.54, 1.807) is 5.37 Å². The summed E-state index contributed by atoms with van der Waals surface area (Å²) in [4.78, 5) is 24.7. The van der Waals surface area contributed by atoms with Crippen molar-refractivity contribution >= 4 is 33.5 Å². The first-order valence-electron chi connectivity index (χ1n) is 5.52. The van der Waals surface area contributed by atoms with Gasteiger partial charge in [0.1, 0.15) is 5.57 Å². The van der Waals surface area contributed by atoms with Gasteiger partial charge in [0.05, 0.1) is 11.6 Å². The highest BCUT2D eigenvalue weighted by atomic mass is 32.2. The number of rotatable bonds is 3. The molecule has 0 aromatic heterocycles. The van der Waals surface area contributed by atoms with E-state index in [2.05, 4.69) is 4.90 Å². The first-order valence-corrected chi connectivity index (χ1v) is 6.98. The molecule has 100 valence electrons. The maximum Gasteiger partial charge on any atom is 0.343 e. The Bertz CT molecular complexity index is 590. The van der Waals surface area contributed by atoms with E-state index in [0.29, 0.717) is 0 Å². The zero-order chi connectivity index (χ0) is 14.0. The van der Waals surface area contributed by atoms with Crippen molar-refractivity contribution in [2.24, 2.45) is 0 Å². The van der Waals surface area contributed by atoms with Crippen molar-refractivity contribution in [1.82, 2.24) is 0 Å². The monoisotopic (exact) mass is 279 g/mol. The number of hydrogen-bond acceptors (Lipinski definition) is 3. The first kappa shape index (κ1) is 13.4. The van der Waals surface area contributed by atoms with Gasteiger partial charge in [-0.3, -0.25) is 0 Å². The lowest BCUT2D eigenvalue weighted by Crippen LogP contribution is -2.12. The summed E-state index contributed by atoms with van der Waals surface area (Å²) >= 11 is 0. The highest BCUT2D eigenvalue weighted by molar-refractivity contribution is 8.15. The molecule has 1 heterocycles. The van der Waals surface area contributed by atoms with Gasteiger partial charge in [0.15, 0.2) is 0 Å². The standard InChI is InChI=1S/C13H13NO4S/c1-14-8-19(11-5-3-2-4-10(11)14)7-6-9(12(15)16)13(17)18/h2-7H,8H2,1H3,(H,15,16)(H,17,18). The lowest BCUT2D eigenvalue weighted by Gasteiger charge is -2.09. The highest BCUT2D eigenvalue weighted by Crippen LogP contribution is 2.42. The molecular weight excluding hydrogens is 266 g/mol. The Morgan fingerprint density at radius 3 is 2.53 bits per heavy atom. The number of allylic oxidation sites excluding steroid dienone is 1. The molecule has 0 spiro atoms. The Morgan fingerprint density at radius 1 is 1.26 bits per heavy atom. The fraction of sp³-hybridized carbons (Fsp3) is 0.154. The molecule has 0 saturated carbocycles. The Balaban J connectivity index is 2.39. The number of fused-ring (bicyclic) bond motifs is 1. The Morgan fingerprint density at radius 2 is 1.89 bits per heavy atom. The molecule has 2 rings (SSSR count). The summed E-state index contributed by atoms with van der Waals surface area (Å²) in [5.74, 6) is -2.11. The summed E-state index contributed by atoms with van der Waals surface area (Å²) in [7, 11) is 1.67. The van der Waals surface area contributed by atoms with E-state index < -0.39 is 17.5 Å². The minimum atomic E-state index is -1.42. The minimum Gasteiger partial charge on any atom is -0.477 e. The van der Waals surface area contributed by atoms with Crippen molar-refractivity contribution in [3.63, 3.8) is 0 Å². The molecule has 1 aliphatic rings. The normalized spacial score (nSPS) is 17.1. The molecule has 0 radical (unpaired) electrons. The molecule has 5 nitrogen and oxygen atoms in total. The van der Waals surface area contributed by atoms with E-state index in [4.69, 9.17) is 10.2 Å². The summed E-state index contributed by atoms with van der Waals surface area (Å²) < 4.78 is 0. The predicted molar refractivity (Wildman–Crippen MR) is 75.0 cm³/mol. The largest absolute Gasteiger partial charge is 0.477 e. The second-order valence-electron chi connectivity index (χ2n) is 4.05. The molecular formula is C13H13NO4S. The van der Waals surface area contributed by atoms with Crippen LogP contribution in [0.2, 0.25) is 0 Å². The molecule has 1 aromatic carbocycles. The zero-order valence-corrected chi connectivity index (χ0v) is 11.1. The quantitative estimate of drug-likeness (QED) is 0.380. The SMILES string of the molecule is CN1C/S(=C\C=C(C(=O)O)C(=O)O)c2ccccc21. The fourth-order valence-electron chi connectivity index (χ4n) is 1.84. The van der Waals surface area contributed by atoms with E-state index in [1.165, 1.54) is 6.08 Å². The summed E-state index contributed by atoms with van der Waals surface area (Å²) in [6.45, 7) is 0. The lowest BCUT2D eigenvalue weighted by atomic mass is 10.3. The average Bonchev–Trinajstić information content (AvgIpc) is 2.67. The summed E-state index contributed by atoms with van der Waals surface area (Å²) in [6, 6.07) is 7.84. The molecule has 1 atom stereocenters. The van der Waals surface area contributed by atoms with Crippen molar-refractivity contribution in [3.05, 3.63) is 35.9 Å². The van der Waals surface area contributed by atoms with Gasteiger partial charge in [0.2, 0.25) is 0 Å². The number of benzene rings is 1. The topological polar surface area (TPSA) is 77.8 Å². The molecule has 0 aliphatic carbocycles. The molecule has 0 bridgehead atoms. The van der Waals surface area contributed by atoms with E-state index in [0.717, 1.165) is 16.5 Å². The van der Waals surface area contributed by atoms with Crippen molar-refractivity contribution in [3.8, 4) is 0 Å². The first-order chi connectivity index (χ1) is 9.00. The molecule has 1 unspecified atom stereocenters. The predicted octanol–water partition coefficient (Wildman–Crippen LogP) is 1.62. The van der Waals surface area contributed by atoms with Gasteiger partial charge in [0.25, 0.3) is 0 Å². The van der Waals surface area contributed by atoms with E-state index in [9.17, 15) is 9.59 Å². The van der Waals surface area contributed by atoms with Gasteiger partial charge in [-0.05, 0) is 23.6 Å². The lowest BCUT2D eigenvalue weighted by molar-refractivity contribution is -0.140. The number of hydrogen-bond donors (Lipinski definition) is 2. The van der Waals surface area contributed by atoms with Crippen LogP contribution in [0.25, 0.3) is 0 Å². The van der Waals surface area contributed by atoms with Gasteiger partial charge >= 0.3 is 11.9 Å². The third-order valence-electron chi connectivity index (χ3n) is 2.75. The summed E-state index contributed by atoms with van der Waals surface area (Å²) in [5, 5.41) is 19.2. The van der Waals surface area contributed by atoms with Crippen LogP contribution in [0.4, 0.5) is 5.69 Å². The van der Waals surface area contributed by atoms with Crippen molar-refractivity contribution in [1.29, 1.82) is 0 Å². The number of para-hydroxylation sites is 1. The third kappa shape index (κ3) is 2.68. The van der Waals surface area contributed by atoms with Gasteiger partial charge in [-0.25, -0.2) is 9.59 Å². The van der Waals surface area contributed by atoms with Gasteiger partial charge in [-0.1, -0.05) is 12.1 Å². The number of carbonyl (C=O) groups is 2. The number of carboxylic acid groups (broad SMARTS) is 2. The average molecular weight is 279 g/mol. The van der Waals surface area contributed by atoms with Crippen LogP contribution in [0.3, 0.4) is 0 Å². The number of aliphatic carboxylic acids is 2. The van der Waals surface area contributed by atoms with Crippen LogP contribution in [0.5, 0.6) is 0 Å². The van der Waals surface area contributed by atoms with Gasteiger partial charge in [-0.15, -0.1) is 10.5 Å². The van der Waals surface area contributed by atoms with E-state index in [-0.39, 0.29) is 10.5 Å². The van der Waals surface area contributed by atoms with Crippen LogP contribution >= 0.6 is 10.5 Å². The van der Waals surface area contributed by atoms with Gasteiger partial charge in [0, 0.05) is 11.9 Å². The van der Waals surface area contributed by atoms with Crippen LogP contribution < -0.4 is 4.90 Å². The maximum absolute atomic E-state index is 10.8. The Hall–Kier alpha value is -2.08. The second-order valence-corrected chi connectivity index (χ2v) is 5.88. The van der Waals surface area contributed by atoms with Crippen molar-refractivity contribution in [2.45, 2.75) is 4.90 Å². The molecule has 1 aromatic rings. The molecule has 0 saturated heterocycles. The van der Waals surface area contributed by atoms with Crippen LogP contribution in [-0.4, -0.2) is 40.4 Å². The van der Waals surface area contributed by atoms with E-state index in [1.807, 2.05) is 31.3 Å². The molecule has 0 fully saturated rings. The third-order valence-corrected chi connectivity index (χ3v) is 4.79. The van der Waals surface area contributed by atoms with Crippen LogP contribution in [0, 0.1) is 0 Å². The van der Waals surface area contributed by atoms with Gasteiger partial charge in [-0.2, -0.15) is 0 Å². The number of anilines is 1. The van der Waals surface area contributed by atoms with Crippen LogP contribution in [-0.2, 0) is 9.59 Å². The van der Waals surface area contributed by atoms with Crippen molar-refractivity contribution < 1.29 is 19.8 Å². The van der Waals surface area contributed by atoms with Crippen LogP contribution in [0.15, 0.2) is 40.8 Å². The highest BCUT2D eigenvalue weighted by Gasteiger charge is 2.19. The molecule has 19 heavy (non-hydrogen) atoms. The molecule has 0 amide bonds.